The molecular weight excluding hydrogens is 389 g/mol. The van der Waals surface area contributed by atoms with Gasteiger partial charge >= 0.3 is 6.18 Å². The predicted molar refractivity (Wildman–Crippen MR) is 98.2 cm³/mol. The Morgan fingerprint density at radius 3 is 2.34 bits per heavy atom. The van der Waals surface area contributed by atoms with Crippen LogP contribution < -0.4 is 15.3 Å². The first-order chi connectivity index (χ1) is 13.8. The molecule has 29 heavy (non-hydrogen) atoms. The van der Waals surface area contributed by atoms with E-state index in [0.717, 1.165) is 29.3 Å². The van der Waals surface area contributed by atoms with Gasteiger partial charge in [0, 0.05) is 6.54 Å². The van der Waals surface area contributed by atoms with Crippen molar-refractivity contribution in [1.29, 1.82) is 0 Å². The lowest BCUT2D eigenvalue weighted by Gasteiger charge is -2.39. The number of nitrogens with zero attached hydrogens (tertiary/aromatic N) is 3. The Balaban J connectivity index is 1.82. The zero-order valence-corrected chi connectivity index (χ0v) is 15.3. The van der Waals surface area contributed by atoms with E-state index in [0.29, 0.717) is 17.7 Å². The average Bonchev–Trinajstić information content (AvgIpc) is 2.95. The zero-order chi connectivity index (χ0) is 20.9. The lowest BCUT2D eigenvalue weighted by atomic mass is 10.1. The molecule has 1 amide bonds. The quantitative estimate of drug-likeness (QED) is 0.767. The number of aliphatic hydroxyl groups is 1. The molecule has 2 aromatic carbocycles. The number of carbonyl (C=O) groups is 1. The number of para-hydroxylation sites is 1. The van der Waals surface area contributed by atoms with Crippen LogP contribution in [0.15, 0.2) is 60.2 Å². The average molecular weight is 406 g/mol. The molecule has 2 heterocycles. The van der Waals surface area contributed by atoms with Gasteiger partial charge < -0.3 is 10.3 Å². The second-order valence-corrected chi connectivity index (χ2v) is 6.62. The third kappa shape index (κ3) is 2.88. The third-order valence-corrected chi connectivity index (χ3v) is 4.78. The number of carbonyl (C=O) groups excluding carboxylic acids is 1. The van der Waals surface area contributed by atoms with Crippen LogP contribution >= 0.6 is 0 Å². The fraction of sp³-hybridized carbons (Fsp3) is 0.211. The molecule has 2 N–H and O–H groups in total. The monoisotopic (exact) mass is 406 g/mol. The number of alkyl halides is 3. The van der Waals surface area contributed by atoms with Crippen molar-refractivity contribution in [2.45, 2.75) is 19.5 Å². The maximum atomic E-state index is 13.1. The van der Waals surface area contributed by atoms with Crippen molar-refractivity contribution in [2.75, 3.05) is 16.6 Å². The van der Waals surface area contributed by atoms with Crippen LogP contribution in [0.2, 0.25) is 0 Å². The Kier molecular flexibility index (Phi) is 4.39. The molecule has 0 radical (unpaired) electrons. The van der Waals surface area contributed by atoms with E-state index >= 15 is 0 Å². The number of halogens is 3. The minimum atomic E-state index is -4.52. The van der Waals surface area contributed by atoms with E-state index in [2.05, 4.69) is 0 Å². The van der Waals surface area contributed by atoms with Crippen LogP contribution in [0.3, 0.4) is 0 Å². The maximum absolute atomic E-state index is 13.1. The lowest BCUT2D eigenvalue weighted by Crippen LogP contribution is -3.19. The van der Waals surface area contributed by atoms with Gasteiger partial charge in [-0.15, -0.1) is 10.0 Å². The number of hydrogen-bond acceptors (Lipinski definition) is 5. The lowest BCUT2D eigenvalue weighted by molar-refractivity contribution is -0.854. The minimum Gasteiger partial charge on any atom is -0.581 e. The van der Waals surface area contributed by atoms with E-state index in [9.17, 15) is 28.3 Å². The number of quaternary nitrogens is 1. The maximum Gasteiger partial charge on any atom is 0.416 e. The van der Waals surface area contributed by atoms with Crippen molar-refractivity contribution in [3.63, 3.8) is 0 Å². The van der Waals surface area contributed by atoms with Crippen molar-refractivity contribution in [1.82, 2.24) is 4.90 Å². The molecule has 10 heteroatoms. The second-order valence-electron chi connectivity index (χ2n) is 6.62. The fourth-order valence-electron chi connectivity index (χ4n) is 3.49. The number of nitrogens with one attached hydrogen (secondary N) is 1. The molecule has 0 saturated heterocycles. The van der Waals surface area contributed by atoms with Gasteiger partial charge in [-0.3, -0.25) is 9.69 Å². The fourth-order valence-corrected chi connectivity index (χ4v) is 3.49. The number of fused-ring (bicyclic) bond motifs is 3. The van der Waals surface area contributed by atoms with Crippen molar-refractivity contribution in [3.8, 4) is 0 Å². The van der Waals surface area contributed by atoms with Crippen molar-refractivity contribution in [3.05, 3.63) is 76.6 Å². The molecule has 152 valence electrons. The molecule has 2 aliphatic heterocycles. The molecule has 0 saturated carbocycles. The Labute approximate surface area is 164 Å². The van der Waals surface area contributed by atoms with Crippen molar-refractivity contribution >= 4 is 17.3 Å². The van der Waals surface area contributed by atoms with Gasteiger partial charge in [-0.2, -0.15) is 18.5 Å². The summed E-state index contributed by atoms with van der Waals surface area (Å²) in [4.78, 5) is 14.2. The summed E-state index contributed by atoms with van der Waals surface area (Å²) in [6.45, 7) is 2.11. The second kappa shape index (κ2) is 6.68. The minimum absolute atomic E-state index is 0.000415. The summed E-state index contributed by atoms with van der Waals surface area (Å²) in [6, 6.07) is 10.4. The molecule has 4 rings (SSSR count). The SMILES string of the molecule is CCCN1C(=O)c2ccccc2N2C1=C(O)N(c1ccc(C(F)(F)F)cc1)[NH+]2[O-]. The summed E-state index contributed by atoms with van der Waals surface area (Å²) in [6.07, 6.45) is -3.94. The van der Waals surface area contributed by atoms with Crippen LogP contribution in [0.25, 0.3) is 0 Å². The van der Waals surface area contributed by atoms with Crippen molar-refractivity contribution < 1.29 is 28.4 Å². The van der Waals surface area contributed by atoms with Crippen LogP contribution in [-0.4, -0.2) is 22.5 Å². The Morgan fingerprint density at radius 1 is 1.07 bits per heavy atom. The number of rotatable bonds is 3. The molecule has 0 aromatic heterocycles. The molecule has 2 aromatic rings. The molecule has 1 unspecified atom stereocenters. The summed E-state index contributed by atoms with van der Waals surface area (Å²) < 4.78 is 38.5. The highest BCUT2D eigenvalue weighted by atomic mass is 19.4. The van der Waals surface area contributed by atoms with E-state index in [1.54, 1.807) is 24.3 Å². The summed E-state index contributed by atoms with van der Waals surface area (Å²) in [5.74, 6) is -0.867. The first-order valence-electron chi connectivity index (χ1n) is 8.91. The first kappa shape index (κ1) is 19.1. The van der Waals surface area contributed by atoms with E-state index < -0.39 is 22.9 Å². The zero-order valence-electron chi connectivity index (χ0n) is 15.3. The number of anilines is 2. The van der Waals surface area contributed by atoms with Crippen molar-refractivity contribution in [2.24, 2.45) is 0 Å². The molecular formula is C19H17F3N4O3. The first-order valence-corrected chi connectivity index (χ1v) is 8.91. The molecule has 0 bridgehead atoms. The van der Waals surface area contributed by atoms with Gasteiger partial charge in [-0.1, -0.05) is 19.1 Å². The van der Waals surface area contributed by atoms with Crippen LogP contribution in [-0.2, 0) is 6.18 Å². The smallest absolute Gasteiger partial charge is 0.416 e. The van der Waals surface area contributed by atoms with Crippen LogP contribution in [0.5, 0.6) is 0 Å². The third-order valence-electron chi connectivity index (χ3n) is 4.78. The highest BCUT2D eigenvalue weighted by molar-refractivity contribution is 6.03. The molecule has 7 nitrogen and oxygen atoms in total. The van der Waals surface area contributed by atoms with E-state index in [-0.39, 0.29) is 24.0 Å². The number of benzene rings is 2. The summed E-state index contributed by atoms with van der Waals surface area (Å²) >= 11 is 0. The largest absolute Gasteiger partial charge is 0.581 e. The predicted octanol–water partition coefficient (Wildman–Crippen LogP) is 2.80. The van der Waals surface area contributed by atoms with Gasteiger partial charge in [0.1, 0.15) is 11.4 Å². The van der Waals surface area contributed by atoms with Crippen LogP contribution in [0.4, 0.5) is 24.5 Å². The Morgan fingerprint density at radius 2 is 1.72 bits per heavy atom. The topological polar surface area (TPSA) is 74.5 Å². The standard InChI is InChI=1S/C19H17F3N4O3/c1-2-11-23-16-18(28)24(13-9-7-12(8-10-13)19(20,21)22)26(29)25(16)15-6-4-3-5-14(15)17(23)27/h3-10,26,28H,2,11H2,1H3. The molecule has 1 atom stereocenters. The van der Waals surface area contributed by atoms with E-state index in [4.69, 9.17) is 0 Å². The van der Waals surface area contributed by atoms with Gasteiger partial charge in [0.2, 0.25) is 5.82 Å². The highest BCUT2D eigenvalue weighted by Gasteiger charge is 2.48. The summed E-state index contributed by atoms with van der Waals surface area (Å²) in [5.41, 5.74) is -0.194. The van der Waals surface area contributed by atoms with Crippen LogP contribution in [0, 0.1) is 5.21 Å². The Hall–Kier alpha value is -3.24. The van der Waals surface area contributed by atoms with Gasteiger partial charge in [-0.25, -0.2) is 0 Å². The summed E-state index contributed by atoms with van der Waals surface area (Å²) in [7, 11) is 0. The Bertz CT molecular complexity index is 991. The molecule has 0 spiro atoms. The van der Waals surface area contributed by atoms with E-state index in [1.807, 2.05) is 6.92 Å². The van der Waals surface area contributed by atoms with E-state index in [1.165, 1.54) is 9.91 Å². The number of hydrogen-bond donors (Lipinski definition) is 2. The molecule has 0 fully saturated rings. The van der Waals surface area contributed by atoms with Gasteiger partial charge in [0.05, 0.1) is 11.1 Å². The molecule has 2 aliphatic rings. The number of aliphatic hydroxyl groups excluding tert-OH is 1. The van der Waals surface area contributed by atoms with Crippen LogP contribution in [0.1, 0.15) is 29.3 Å². The highest BCUT2D eigenvalue weighted by Crippen LogP contribution is 2.36. The van der Waals surface area contributed by atoms with Gasteiger partial charge in [0.25, 0.3) is 11.8 Å². The van der Waals surface area contributed by atoms with Gasteiger partial charge in [0.15, 0.2) is 0 Å². The van der Waals surface area contributed by atoms with Gasteiger partial charge in [-0.05, 0) is 42.8 Å². The molecule has 0 aliphatic carbocycles. The summed E-state index contributed by atoms with van der Waals surface area (Å²) in [5, 5.41) is 25.4. The normalized spacial score (nSPS) is 19.0. The number of amides is 1.